The van der Waals surface area contributed by atoms with E-state index in [1.165, 1.54) is 0 Å². The van der Waals surface area contributed by atoms with Crippen molar-refractivity contribution in [3.63, 3.8) is 0 Å². The summed E-state index contributed by atoms with van der Waals surface area (Å²) in [6.45, 7) is 4.99. The van der Waals surface area contributed by atoms with E-state index in [4.69, 9.17) is 26.1 Å². The Balaban J connectivity index is 4.25. The van der Waals surface area contributed by atoms with Gasteiger partial charge in [-0.3, -0.25) is 9.32 Å². The summed E-state index contributed by atoms with van der Waals surface area (Å²) in [6, 6.07) is 0. The van der Waals surface area contributed by atoms with E-state index in [9.17, 15) is 9.36 Å². The molecule has 0 saturated heterocycles. The number of carbonyl (C=O) groups is 1. The van der Waals surface area contributed by atoms with Crippen molar-refractivity contribution in [2.24, 2.45) is 5.41 Å². The molecule has 0 fully saturated rings. The molecule has 0 saturated carbocycles. The van der Waals surface area contributed by atoms with E-state index in [1.807, 2.05) is 6.92 Å². The van der Waals surface area contributed by atoms with Crippen molar-refractivity contribution < 1.29 is 28.4 Å². The van der Waals surface area contributed by atoms with Crippen LogP contribution in [0.3, 0.4) is 0 Å². The number of ether oxygens (including phenoxy) is 1. The molecule has 0 aliphatic rings. The van der Waals surface area contributed by atoms with E-state index in [0.29, 0.717) is 6.42 Å². The van der Waals surface area contributed by atoms with E-state index >= 15 is 0 Å². The lowest BCUT2D eigenvalue weighted by molar-refractivity contribution is -0.156. The van der Waals surface area contributed by atoms with Crippen LogP contribution in [-0.4, -0.2) is 34.3 Å². The minimum atomic E-state index is -4.62. The standard InChI is InChI=1S/C9H18ClO6P/c1-4-9(2,3)8(11)15-6-7(5-10)16-17(12,13)14/h7H,4-6H2,1-3H3,(H2,12,13,14). The van der Waals surface area contributed by atoms with E-state index < -0.39 is 25.3 Å². The SMILES string of the molecule is CCC(C)(C)C(=O)OCC(CCl)OP(=O)(O)O. The summed E-state index contributed by atoms with van der Waals surface area (Å²) in [7, 11) is -4.62. The molecule has 0 rings (SSSR count). The molecule has 102 valence electrons. The van der Waals surface area contributed by atoms with Crippen LogP contribution < -0.4 is 0 Å². The average Bonchev–Trinajstić information content (AvgIpc) is 2.21. The normalized spacial score (nSPS) is 14.5. The first-order valence-corrected chi connectivity index (χ1v) is 7.16. The Morgan fingerprint density at radius 2 is 2.00 bits per heavy atom. The molecule has 1 unspecified atom stereocenters. The Kier molecular flexibility index (Phi) is 6.66. The minimum absolute atomic E-state index is 0.176. The summed E-state index contributed by atoms with van der Waals surface area (Å²) in [5, 5.41) is 0. The highest BCUT2D eigenvalue weighted by Gasteiger charge is 2.29. The van der Waals surface area contributed by atoms with Gasteiger partial charge in [-0.1, -0.05) is 6.92 Å². The fraction of sp³-hybridized carbons (Fsp3) is 0.889. The first kappa shape index (κ1) is 16.9. The zero-order chi connectivity index (χ0) is 13.7. The molecule has 0 aliphatic carbocycles. The smallest absolute Gasteiger partial charge is 0.462 e. The second-order valence-corrected chi connectivity index (χ2v) is 5.71. The van der Waals surface area contributed by atoms with Gasteiger partial charge in [-0.25, -0.2) is 4.57 Å². The Morgan fingerprint density at radius 1 is 1.47 bits per heavy atom. The largest absolute Gasteiger partial charge is 0.470 e. The maximum Gasteiger partial charge on any atom is 0.470 e. The number of hydrogen-bond acceptors (Lipinski definition) is 4. The van der Waals surface area contributed by atoms with Crippen molar-refractivity contribution in [3.05, 3.63) is 0 Å². The van der Waals surface area contributed by atoms with E-state index in [-0.39, 0.29) is 12.5 Å². The number of alkyl halides is 1. The van der Waals surface area contributed by atoms with Crippen LogP contribution in [0.4, 0.5) is 0 Å². The Bertz CT molecular complexity index is 300. The van der Waals surface area contributed by atoms with Crippen molar-refractivity contribution in [3.8, 4) is 0 Å². The number of phosphoric acid groups is 1. The second-order valence-electron chi connectivity index (χ2n) is 4.21. The second kappa shape index (κ2) is 6.71. The number of esters is 1. The molecule has 0 aromatic rings. The van der Waals surface area contributed by atoms with E-state index in [1.54, 1.807) is 13.8 Å². The molecule has 2 N–H and O–H groups in total. The maximum atomic E-state index is 11.6. The molecule has 0 heterocycles. The van der Waals surface area contributed by atoms with Crippen molar-refractivity contribution >= 4 is 25.4 Å². The molecule has 6 nitrogen and oxygen atoms in total. The van der Waals surface area contributed by atoms with Crippen molar-refractivity contribution in [1.82, 2.24) is 0 Å². The highest BCUT2D eigenvalue weighted by molar-refractivity contribution is 7.46. The summed E-state index contributed by atoms with van der Waals surface area (Å²) in [6.07, 6.45) is -0.425. The van der Waals surface area contributed by atoms with Crippen LogP contribution in [0, 0.1) is 5.41 Å². The number of halogens is 1. The molecular weight excluding hydrogens is 271 g/mol. The van der Waals surface area contributed by atoms with Gasteiger partial charge < -0.3 is 14.5 Å². The van der Waals surface area contributed by atoms with Crippen molar-refractivity contribution in [2.75, 3.05) is 12.5 Å². The molecule has 0 aromatic carbocycles. The lowest BCUT2D eigenvalue weighted by atomic mass is 9.91. The van der Waals surface area contributed by atoms with Gasteiger partial charge in [0.1, 0.15) is 12.7 Å². The summed E-state index contributed by atoms with van der Waals surface area (Å²) in [4.78, 5) is 28.7. The van der Waals surface area contributed by atoms with Gasteiger partial charge in [0.25, 0.3) is 0 Å². The van der Waals surface area contributed by atoms with Gasteiger partial charge in [-0.05, 0) is 20.3 Å². The predicted octanol–water partition coefficient (Wildman–Crippen LogP) is 1.68. The van der Waals surface area contributed by atoms with Crippen LogP contribution in [0.2, 0.25) is 0 Å². The third-order valence-electron chi connectivity index (χ3n) is 2.30. The van der Waals surface area contributed by atoms with Crippen molar-refractivity contribution in [2.45, 2.75) is 33.3 Å². The molecule has 0 aliphatic heterocycles. The van der Waals surface area contributed by atoms with Gasteiger partial charge in [0.05, 0.1) is 11.3 Å². The molecule has 0 aromatic heterocycles. The molecule has 8 heteroatoms. The van der Waals surface area contributed by atoms with Crippen LogP contribution in [0.25, 0.3) is 0 Å². The van der Waals surface area contributed by atoms with Crippen LogP contribution in [0.15, 0.2) is 0 Å². The van der Waals surface area contributed by atoms with Gasteiger partial charge in [0, 0.05) is 0 Å². The molecule has 0 amide bonds. The highest BCUT2D eigenvalue weighted by atomic mass is 35.5. The fourth-order valence-electron chi connectivity index (χ4n) is 0.806. The summed E-state index contributed by atoms with van der Waals surface area (Å²) >= 11 is 5.45. The first-order chi connectivity index (χ1) is 7.62. The third-order valence-corrected chi connectivity index (χ3v) is 3.21. The van der Waals surface area contributed by atoms with E-state index in [2.05, 4.69) is 4.52 Å². The molecule has 0 radical (unpaired) electrons. The lowest BCUT2D eigenvalue weighted by Crippen LogP contribution is -2.30. The molecule has 0 spiro atoms. The number of hydrogen-bond donors (Lipinski definition) is 2. The zero-order valence-electron chi connectivity index (χ0n) is 10.1. The Morgan fingerprint density at radius 3 is 2.35 bits per heavy atom. The third kappa shape index (κ3) is 7.01. The lowest BCUT2D eigenvalue weighted by Gasteiger charge is -2.22. The average molecular weight is 289 g/mol. The summed E-state index contributed by atoms with van der Waals surface area (Å²) in [5.74, 6) is -0.630. The van der Waals surface area contributed by atoms with Gasteiger partial charge in [-0.15, -0.1) is 11.6 Å². The summed E-state index contributed by atoms with van der Waals surface area (Å²) in [5.41, 5.74) is -0.640. The molecule has 1 atom stereocenters. The number of carbonyl (C=O) groups excluding carboxylic acids is 1. The van der Waals surface area contributed by atoms with E-state index in [0.717, 1.165) is 0 Å². The van der Waals surface area contributed by atoms with Gasteiger partial charge in [0.15, 0.2) is 0 Å². The highest BCUT2D eigenvalue weighted by Crippen LogP contribution is 2.37. The first-order valence-electron chi connectivity index (χ1n) is 5.09. The quantitative estimate of drug-likeness (QED) is 0.421. The van der Waals surface area contributed by atoms with Crippen LogP contribution in [0.5, 0.6) is 0 Å². The fourth-order valence-corrected chi connectivity index (χ4v) is 1.57. The number of rotatable bonds is 7. The van der Waals surface area contributed by atoms with Crippen LogP contribution >= 0.6 is 19.4 Å². The van der Waals surface area contributed by atoms with Crippen LogP contribution in [-0.2, 0) is 18.6 Å². The minimum Gasteiger partial charge on any atom is -0.462 e. The number of phosphoric ester groups is 1. The van der Waals surface area contributed by atoms with Gasteiger partial charge >= 0.3 is 13.8 Å². The van der Waals surface area contributed by atoms with Crippen molar-refractivity contribution in [1.29, 1.82) is 0 Å². The summed E-state index contributed by atoms with van der Waals surface area (Å²) < 4.78 is 19.8. The predicted molar refractivity (Wildman–Crippen MR) is 62.7 cm³/mol. The maximum absolute atomic E-state index is 11.6. The Hall–Kier alpha value is -0.130. The van der Waals surface area contributed by atoms with Gasteiger partial charge in [0.2, 0.25) is 0 Å². The molecule has 0 bridgehead atoms. The zero-order valence-corrected chi connectivity index (χ0v) is 11.7. The van der Waals surface area contributed by atoms with Crippen LogP contribution in [0.1, 0.15) is 27.2 Å². The topological polar surface area (TPSA) is 93.1 Å². The molecular formula is C9H18ClO6P. The van der Waals surface area contributed by atoms with Gasteiger partial charge in [-0.2, -0.15) is 0 Å². The molecule has 17 heavy (non-hydrogen) atoms. The monoisotopic (exact) mass is 288 g/mol. The Labute approximate surface area is 105 Å².